The molecule has 17 heavy (non-hydrogen) atoms. The highest BCUT2D eigenvalue weighted by atomic mass is 14.1. The molecule has 0 aromatic rings. The van der Waals surface area contributed by atoms with Crippen molar-refractivity contribution in [2.45, 2.75) is 59.8 Å². The summed E-state index contributed by atoms with van der Waals surface area (Å²) in [6, 6.07) is 0. The summed E-state index contributed by atoms with van der Waals surface area (Å²) in [4.78, 5) is 0. The first-order chi connectivity index (χ1) is 8.15. The van der Waals surface area contributed by atoms with Gasteiger partial charge in [0.2, 0.25) is 0 Å². The zero-order chi connectivity index (χ0) is 13.1. The molecular weight excluding hydrogens is 204 g/mol. The lowest BCUT2D eigenvalue weighted by Gasteiger charge is -2.07. The van der Waals surface area contributed by atoms with Crippen molar-refractivity contribution >= 4 is 0 Å². The molecule has 0 bridgehead atoms. The molecular formula is C17H28. The van der Waals surface area contributed by atoms with Gasteiger partial charge in [0.25, 0.3) is 0 Å². The Morgan fingerprint density at radius 1 is 1.18 bits per heavy atom. The van der Waals surface area contributed by atoms with E-state index < -0.39 is 0 Å². The summed E-state index contributed by atoms with van der Waals surface area (Å²) in [5.74, 6) is 0. The minimum Gasteiger partial charge on any atom is -0.0952 e. The van der Waals surface area contributed by atoms with E-state index in [2.05, 4.69) is 51.7 Å². The maximum absolute atomic E-state index is 4.22. The Labute approximate surface area is 108 Å². The van der Waals surface area contributed by atoms with E-state index in [-0.39, 0.29) is 0 Å². The quantitative estimate of drug-likeness (QED) is 0.356. The van der Waals surface area contributed by atoms with Gasteiger partial charge in [-0.3, -0.25) is 0 Å². The fraction of sp³-hybridized carbons (Fsp3) is 0.529. The van der Waals surface area contributed by atoms with E-state index in [1.807, 2.05) is 6.92 Å². The molecule has 0 heterocycles. The van der Waals surface area contributed by atoms with Crippen molar-refractivity contribution < 1.29 is 0 Å². The van der Waals surface area contributed by atoms with E-state index in [0.717, 1.165) is 12.8 Å². The van der Waals surface area contributed by atoms with Gasteiger partial charge in [0, 0.05) is 0 Å². The van der Waals surface area contributed by atoms with Crippen molar-refractivity contribution in [2.24, 2.45) is 0 Å². The van der Waals surface area contributed by atoms with Crippen LogP contribution in [0.5, 0.6) is 0 Å². The second kappa shape index (κ2) is 10.1. The van der Waals surface area contributed by atoms with Crippen molar-refractivity contribution in [3.05, 3.63) is 47.6 Å². The summed E-state index contributed by atoms with van der Waals surface area (Å²) < 4.78 is 0. The molecule has 0 N–H and O–H groups in total. The second-order valence-electron chi connectivity index (χ2n) is 4.55. The van der Waals surface area contributed by atoms with E-state index in [1.54, 1.807) is 0 Å². The third kappa shape index (κ3) is 7.79. The van der Waals surface area contributed by atoms with Crippen molar-refractivity contribution in [3.8, 4) is 0 Å². The van der Waals surface area contributed by atoms with Crippen molar-refractivity contribution in [2.75, 3.05) is 0 Å². The molecule has 0 aromatic heterocycles. The monoisotopic (exact) mass is 232 g/mol. The number of hydrogen-bond donors (Lipinski definition) is 0. The zero-order valence-electron chi connectivity index (χ0n) is 12.1. The van der Waals surface area contributed by atoms with Gasteiger partial charge in [-0.15, -0.1) is 0 Å². The molecule has 0 aliphatic carbocycles. The highest BCUT2D eigenvalue weighted by molar-refractivity contribution is 5.41. The topological polar surface area (TPSA) is 0 Å². The summed E-state index contributed by atoms with van der Waals surface area (Å²) in [7, 11) is 0. The number of hydrogen-bond acceptors (Lipinski definition) is 0. The fourth-order valence-corrected chi connectivity index (χ4v) is 1.57. The van der Waals surface area contributed by atoms with Crippen LogP contribution in [0.3, 0.4) is 0 Å². The Balaban J connectivity index is 4.63. The Hall–Kier alpha value is -1.04. The standard InChI is InChI=1S/C17H28/c1-6-9-11-12-16(5)17(13-10-7-2)14-15(4)8-3/h7,10,13-14H,5-6,8-9,11-12H2,1-4H3/b10-7-,15-14-,17-13+. The summed E-state index contributed by atoms with van der Waals surface area (Å²) in [6.45, 7) is 12.9. The Morgan fingerprint density at radius 2 is 1.88 bits per heavy atom. The molecule has 0 aliphatic rings. The van der Waals surface area contributed by atoms with Gasteiger partial charge in [-0.05, 0) is 44.3 Å². The van der Waals surface area contributed by atoms with Crippen LogP contribution in [0, 0.1) is 0 Å². The normalized spacial score (nSPS) is 13.4. The Bertz CT molecular complexity index is 300. The highest BCUT2D eigenvalue weighted by Gasteiger charge is 2.00. The molecule has 0 spiro atoms. The maximum atomic E-state index is 4.22. The van der Waals surface area contributed by atoms with Crippen LogP contribution in [-0.2, 0) is 0 Å². The van der Waals surface area contributed by atoms with Crippen LogP contribution in [-0.4, -0.2) is 0 Å². The lowest BCUT2D eigenvalue weighted by Crippen LogP contribution is -1.88. The molecule has 0 saturated heterocycles. The molecule has 0 heteroatoms. The molecule has 0 amide bonds. The lowest BCUT2D eigenvalue weighted by atomic mass is 9.98. The van der Waals surface area contributed by atoms with E-state index in [0.29, 0.717) is 0 Å². The summed E-state index contributed by atoms with van der Waals surface area (Å²) >= 11 is 0. The van der Waals surface area contributed by atoms with Gasteiger partial charge in [0.05, 0.1) is 0 Å². The number of rotatable bonds is 8. The Morgan fingerprint density at radius 3 is 2.41 bits per heavy atom. The predicted molar refractivity (Wildman–Crippen MR) is 80.2 cm³/mol. The van der Waals surface area contributed by atoms with Crippen molar-refractivity contribution in [3.63, 3.8) is 0 Å². The van der Waals surface area contributed by atoms with Gasteiger partial charge < -0.3 is 0 Å². The van der Waals surface area contributed by atoms with E-state index in [4.69, 9.17) is 0 Å². The first-order valence-corrected chi connectivity index (χ1v) is 6.83. The summed E-state index contributed by atoms with van der Waals surface area (Å²) in [6.07, 6.45) is 14.6. The van der Waals surface area contributed by atoms with Gasteiger partial charge >= 0.3 is 0 Å². The maximum Gasteiger partial charge on any atom is -0.0231 e. The van der Waals surface area contributed by atoms with E-state index in [1.165, 1.54) is 36.0 Å². The molecule has 0 unspecified atom stereocenters. The van der Waals surface area contributed by atoms with Gasteiger partial charge in [-0.1, -0.05) is 63.1 Å². The van der Waals surface area contributed by atoms with Crippen LogP contribution >= 0.6 is 0 Å². The van der Waals surface area contributed by atoms with Crippen LogP contribution in [0.25, 0.3) is 0 Å². The Kier molecular flexibility index (Phi) is 9.52. The van der Waals surface area contributed by atoms with E-state index in [9.17, 15) is 0 Å². The minimum atomic E-state index is 1.11. The van der Waals surface area contributed by atoms with Gasteiger partial charge in [0.15, 0.2) is 0 Å². The highest BCUT2D eigenvalue weighted by Crippen LogP contribution is 2.19. The average Bonchev–Trinajstić information content (AvgIpc) is 2.34. The lowest BCUT2D eigenvalue weighted by molar-refractivity contribution is 0.718. The third-order valence-corrected chi connectivity index (χ3v) is 2.92. The molecule has 0 atom stereocenters. The van der Waals surface area contributed by atoms with Crippen molar-refractivity contribution in [1.82, 2.24) is 0 Å². The third-order valence-electron chi connectivity index (χ3n) is 2.92. The second-order valence-corrected chi connectivity index (χ2v) is 4.55. The van der Waals surface area contributed by atoms with Crippen LogP contribution in [0.2, 0.25) is 0 Å². The van der Waals surface area contributed by atoms with Crippen LogP contribution in [0.15, 0.2) is 47.6 Å². The average molecular weight is 232 g/mol. The fourth-order valence-electron chi connectivity index (χ4n) is 1.57. The summed E-state index contributed by atoms with van der Waals surface area (Å²) in [5.41, 5.74) is 3.97. The molecule has 96 valence electrons. The smallest absolute Gasteiger partial charge is 0.0231 e. The van der Waals surface area contributed by atoms with Gasteiger partial charge in [-0.25, -0.2) is 0 Å². The van der Waals surface area contributed by atoms with Crippen LogP contribution in [0.4, 0.5) is 0 Å². The largest absolute Gasteiger partial charge is 0.0952 e. The molecule has 0 radical (unpaired) electrons. The molecule has 0 nitrogen and oxygen atoms in total. The van der Waals surface area contributed by atoms with Crippen LogP contribution in [0.1, 0.15) is 59.8 Å². The SMILES string of the molecule is C=C(CCCCC)C(/C=C(/C)CC)=C/C=C\C. The molecule has 0 saturated carbocycles. The number of allylic oxidation sites excluding steroid dienone is 7. The van der Waals surface area contributed by atoms with Gasteiger partial charge in [0.1, 0.15) is 0 Å². The molecule has 0 aromatic carbocycles. The first-order valence-electron chi connectivity index (χ1n) is 6.83. The van der Waals surface area contributed by atoms with Gasteiger partial charge in [-0.2, -0.15) is 0 Å². The van der Waals surface area contributed by atoms with Crippen molar-refractivity contribution in [1.29, 1.82) is 0 Å². The van der Waals surface area contributed by atoms with E-state index >= 15 is 0 Å². The molecule has 0 aliphatic heterocycles. The number of unbranched alkanes of at least 4 members (excludes halogenated alkanes) is 2. The summed E-state index contributed by atoms with van der Waals surface area (Å²) in [5, 5.41) is 0. The minimum absolute atomic E-state index is 1.11. The predicted octanol–water partition coefficient (Wildman–Crippen LogP) is 5.98. The van der Waals surface area contributed by atoms with Crippen LogP contribution < -0.4 is 0 Å². The molecule has 0 fully saturated rings. The zero-order valence-corrected chi connectivity index (χ0v) is 12.1. The molecule has 0 rings (SSSR count). The first kappa shape index (κ1) is 16.0.